The third-order valence-electron chi connectivity index (χ3n) is 1.72. The summed E-state index contributed by atoms with van der Waals surface area (Å²) in [5, 5.41) is 17.3. The summed E-state index contributed by atoms with van der Waals surface area (Å²) in [6, 6.07) is 2.04. The lowest BCUT2D eigenvalue weighted by molar-refractivity contribution is 0.0691. The maximum atomic E-state index is 10.5. The van der Waals surface area contributed by atoms with Crippen molar-refractivity contribution in [3.63, 3.8) is 0 Å². The number of hydrogen-bond acceptors (Lipinski definition) is 3. The first kappa shape index (κ1) is 9.26. The molecule has 0 aliphatic heterocycles. The summed E-state index contributed by atoms with van der Waals surface area (Å²) in [6.07, 6.45) is 2.68. The van der Waals surface area contributed by atoms with E-state index in [9.17, 15) is 4.79 Å². The molecule has 0 saturated heterocycles. The molecule has 0 saturated carbocycles. The van der Waals surface area contributed by atoms with Gasteiger partial charge in [-0.05, 0) is 13.8 Å². The molecular formula is C8H9N3O2. The molecule has 5 heteroatoms. The molecule has 0 radical (unpaired) electrons. The fraction of sp³-hybridized carbons (Fsp3) is 0.375. The van der Waals surface area contributed by atoms with Crippen LogP contribution in [-0.2, 0) is 5.54 Å². The van der Waals surface area contributed by atoms with E-state index in [4.69, 9.17) is 10.4 Å². The van der Waals surface area contributed by atoms with Gasteiger partial charge in [-0.3, -0.25) is 0 Å². The van der Waals surface area contributed by atoms with Gasteiger partial charge in [0, 0.05) is 6.20 Å². The van der Waals surface area contributed by atoms with Gasteiger partial charge in [-0.15, -0.1) is 0 Å². The minimum absolute atomic E-state index is 0.0525. The Kier molecular flexibility index (Phi) is 2.07. The molecule has 1 heterocycles. The molecule has 1 aromatic rings. The molecule has 1 N–H and O–H groups in total. The molecule has 0 bridgehead atoms. The van der Waals surface area contributed by atoms with E-state index in [0.717, 1.165) is 0 Å². The van der Waals surface area contributed by atoms with Crippen LogP contribution in [0.25, 0.3) is 0 Å². The monoisotopic (exact) mass is 179 g/mol. The van der Waals surface area contributed by atoms with Crippen molar-refractivity contribution < 1.29 is 9.90 Å². The number of hydrogen-bond donors (Lipinski definition) is 1. The Labute approximate surface area is 75.2 Å². The zero-order valence-electron chi connectivity index (χ0n) is 7.35. The molecule has 68 valence electrons. The Morgan fingerprint density at radius 1 is 1.77 bits per heavy atom. The normalized spacial score (nSPS) is 10.8. The summed E-state index contributed by atoms with van der Waals surface area (Å²) in [4.78, 5) is 14.1. The summed E-state index contributed by atoms with van der Waals surface area (Å²) in [5.74, 6) is -1.09. The summed E-state index contributed by atoms with van der Waals surface area (Å²) in [6.45, 7) is 3.36. The second kappa shape index (κ2) is 2.90. The van der Waals surface area contributed by atoms with Crippen LogP contribution < -0.4 is 0 Å². The van der Waals surface area contributed by atoms with E-state index < -0.39 is 11.5 Å². The smallest absolute Gasteiger partial charge is 0.356 e. The predicted molar refractivity (Wildman–Crippen MR) is 44.1 cm³/mol. The lowest BCUT2D eigenvalue weighted by atomic mass is 10.1. The Morgan fingerprint density at radius 3 is 2.77 bits per heavy atom. The van der Waals surface area contributed by atoms with E-state index in [1.165, 1.54) is 17.1 Å². The number of aromatic carboxylic acids is 1. The van der Waals surface area contributed by atoms with Gasteiger partial charge in [-0.1, -0.05) is 0 Å². The third-order valence-corrected chi connectivity index (χ3v) is 1.72. The average molecular weight is 179 g/mol. The number of carboxylic acids is 1. The topological polar surface area (TPSA) is 78.9 Å². The molecule has 0 amide bonds. The van der Waals surface area contributed by atoms with E-state index in [1.54, 1.807) is 13.8 Å². The van der Waals surface area contributed by atoms with Crippen molar-refractivity contribution in [1.82, 2.24) is 9.55 Å². The molecule has 0 spiro atoms. The summed E-state index contributed by atoms with van der Waals surface area (Å²) in [5.41, 5.74) is -0.816. The number of carbonyl (C=O) groups is 1. The highest BCUT2D eigenvalue weighted by Gasteiger charge is 2.20. The van der Waals surface area contributed by atoms with E-state index in [-0.39, 0.29) is 5.69 Å². The Balaban J connectivity index is 3.07. The zero-order valence-corrected chi connectivity index (χ0v) is 7.35. The van der Waals surface area contributed by atoms with Crippen LogP contribution >= 0.6 is 0 Å². The van der Waals surface area contributed by atoms with E-state index in [1.807, 2.05) is 6.07 Å². The minimum Gasteiger partial charge on any atom is -0.476 e. The quantitative estimate of drug-likeness (QED) is 0.729. The number of rotatable bonds is 2. The molecule has 0 atom stereocenters. The van der Waals surface area contributed by atoms with Crippen LogP contribution in [0.5, 0.6) is 0 Å². The molecule has 0 aliphatic carbocycles. The average Bonchev–Trinajstić information content (AvgIpc) is 2.52. The molecule has 5 nitrogen and oxygen atoms in total. The van der Waals surface area contributed by atoms with Gasteiger partial charge in [-0.25, -0.2) is 9.78 Å². The van der Waals surface area contributed by atoms with Crippen molar-refractivity contribution in [1.29, 1.82) is 5.26 Å². The minimum atomic E-state index is -1.09. The van der Waals surface area contributed by atoms with Crippen LogP contribution in [0.2, 0.25) is 0 Å². The zero-order chi connectivity index (χ0) is 10.1. The summed E-state index contributed by atoms with van der Waals surface area (Å²) >= 11 is 0. The van der Waals surface area contributed by atoms with Crippen LogP contribution in [0.4, 0.5) is 0 Å². The van der Waals surface area contributed by atoms with Crippen LogP contribution in [0.3, 0.4) is 0 Å². The molecule has 1 aromatic heterocycles. The van der Waals surface area contributed by atoms with Gasteiger partial charge >= 0.3 is 5.97 Å². The highest BCUT2D eigenvalue weighted by molar-refractivity contribution is 5.84. The van der Waals surface area contributed by atoms with Gasteiger partial charge < -0.3 is 9.67 Å². The molecule has 0 fully saturated rings. The van der Waals surface area contributed by atoms with Gasteiger partial charge in [0.25, 0.3) is 0 Å². The SMILES string of the molecule is CC(C)(C#N)n1cnc(C(=O)O)c1. The van der Waals surface area contributed by atoms with Gasteiger partial charge in [0.15, 0.2) is 5.69 Å². The van der Waals surface area contributed by atoms with Gasteiger partial charge in [0.2, 0.25) is 0 Å². The Morgan fingerprint density at radius 2 is 2.38 bits per heavy atom. The van der Waals surface area contributed by atoms with Gasteiger partial charge in [0.1, 0.15) is 5.54 Å². The van der Waals surface area contributed by atoms with Crippen LogP contribution in [0.1, 0.15) is 24.3 Å². The third kappa shape index (κ3) is 1.67. The first-order valence-electron chi connectivity index (χ1n) is 3.66. The molecule has 1 rings (SSSR count). The van der Waals surface area contributed by atoms with E-state index >= 15 is 0 Å². The first-order chi connectivity index (χ1) is 5.97. The van der Waals surface area contributed by atoms with E-state index in [2.05, 4.69) is 4.98 Å². The second-order valence-electron chi connectivity index (χ2n) is 3.14. The molecule has 0 aliphatic rings. The number of nitrogens with zero attached hydrogens (tertiary/aromatic N) is 3. The molecular weight excluding hydrogens is 170 g/mol. The summed E-state index contributed by atoms with van der Waals surface area (Å²) in [7, 11) is 0. The maximum Gasteiger partial charge on any atom is 0.356 e. The number of aromatic nitrogens is 2. The largest absolute Gasteiger partial charge is 0.476 e. The number of nitriles is 1. The highest BCUT2D eigenvalue weighted by atomic mass is 16.4. The summed E-state index contributed by atoms with van der Waals surface area (Å²) < 4.78 is 1.47. The standard InChI is InChI=1S/C8H9N3O2/c1-8(2,4-9)11-3-6(7(12)13)10-5-11/h3,5H,1-2H3,(H,12,13). The van der Waals surface area contributed by atoms with Crippen molar-refractivity contribution in [2.45, 2.75) is 19.4 Å². The molecule has 0 aromatic carbocycles. The van der Waals surface area contributed by atoms with Crippen molar-refractivity contribution in [3.05, 3.63) is 18.2 Å². The first-order valence-corrected chi connectivity index (χ1v) is 3.66. The fourth-order valence-corrected chi connectivity index (χ4v) is 0.797. The van der Waals surface area contributed by atoms with Crippen molar-refractivity contribution in [2.24, 2.45) is 0 Å². The lowest BCUT2D eigenvalue weighted by Crippen LogP contribution is -2.22. The Bertz CT molecular complexity index is 373. The van der Waals surface area contributed by atoms with Crippen LogP contribution in [-0.4, -0.2) is 20.6 Å². The van der Waals surface area contributed by atoms with Gasteiger partial charge in [-0.2, -0.15) is 5.26 Å². The lowest BCUT2D eigenvalue weighted by Gasteiger charge is -2.15. The van der Waals surface area contributed by atoms with Crippen LogP contribution in [0.15, 0.2) is 12.5 Å². The highest BCUT2D eigenvalue weighted by Crippen LogP contribution is 2.13. The van der Waals surface area contributed by atoms with Crippen LogP contribution in [0, 0.1) is 11.3 Å². The Hall–Kier alpha value is -1.83. The molecule has 0 unspecified atom stereocenters. The number of imidazole rings is 1. The van der Waals surface area contributed by atoms with Crippen molar-refractivity contribution in [2.75, 3.05) is 0 Å². The molecule has 13 heavy (non-hydrogen) atoms. The predicted octanol–water partition coefficient (Wildman–Crippen LogP) is 0.840. The fourth-order valence-electron chi connectivity index (χ4n) is 0.797. The second-order valence-corrected chi connectivity index (χ2v) is 3.14. The maximum absolute atomic E-state index is 10.5. The van der Waals surface area contributed by atoms with Crippen molar-refractivity contribution in [3.8, 4) is 6.07 Å². The van der Waals surface area contributed by atoms with Gasteiger partial charge in [0.05, 0.1) is 12.4 Å². The van der Waals surface area contributed by atoms with E-state index in [0.29, 0.717) is 0 Å². The number of carboxylic acid groups (broad SMARTS) is 1. The van der Waals surface area contributed by atoms with Crippen molar-refractivity contribution >= 4 is 5.97 Å².